The predicted octanol–water partition coefficient (Wildman–Crippen LogP) is 3.34. The first-order valence-electron chi connectivity index (χ1n) is 9.36. The molecule has 0 amide bonds. The standard InChI is InChI=1S/C19H22F3NO3S.C2H2O4/c1-23(2)13-12-18(14-4-10-17(11-5-14)27(3,24)25)26-16-8-6-15(7-9-16)19(20,21)22;3-1(4)2(5)6/h4-11,18H,12-13H2,1-3H3;(H,3,4)(H,5,6). The average molecular weight is 491 g/mol. The average Bonchev–Trinajstić information content (AvgIpc) is 2.70. The van der Waals surface area contributed by atoms with Crippen molar-refractivity contribution in [2.24, 2.45) is 0 Å². The zero-order chi connectivity index (χ0) is 25.4. The molecule has 0 heterocycles. The molecule has 0 saturated carbocycles. The van der Waals surface area contributed by atoms with E-state index in [-0.39, 0.29) is 4.90 Å². The Hall–Kier alpha value is -3.12. The summed E-state index contributed by atoms with van der Waals surface area (Å²) in [7, 11) is 0.505. The second-order valence-electron chi connectivity index (χ2n) is 7.17. The molecular weight excluding hydrogens is 467 g/mol. The number of benzene rings is 2. The molecule has 0 radical (unpaired) electrons. The first-order valence-corrected chi connectivity index (χ1v) is 11.2. The van der Waals surface area contributed by atoms with E-state index in [1.54, 1.807) is 12.1 Å². The smallest absolute Gasteiger partial charge is 0.416 e. The zero-order valence-corrected chi connectivity index (χ0v) is 18.9. The normalized spacial score (nSPS) is 12.5. The summed E-state index contributed by atoms with van der Waals surface area (Å²) in [6.07, 6.45) is -3.10. The van der Waals surface area contributed by atoms with Gasteiger partial charge in [-0.25, -0.2) is 18.0 Å². The van der Waals surface area contributed by atoms with Crippen molar-refractivity contribution in [1.29, 1.82) is 0 Å². The van der Waals surface area contributed by atoms with Crippen LogP contribution in [0.1, 0.15) is 23.7 Å². The van der Waals surface area contributed by atoms with Crippen molar-refractivity contribution in [2.45, 2.75) is 23.6 Å². The molecule has 8 nitrogen and oxygen atoms in total. The molecule has 0 bridgehead atoms. The quantitative estimate of drug-likeness (QED) is 0.566. The van der Waals surface area contributed by atoms with Gasteiger partial charge < -0.3 is 19.8 Å². The minimum Gasteiger partial charge on any atom is -0.486 e. The largest absolute Gasteiger partial charge is 0.486 e. The molecule has 0 fully saturated rings. The van der Waals surface area contributed by atoms with Crippen LogP contribution >= 0.6 is 0 Å². The van der Waals surface area contributed by atoms with Gasteiger partial charge in [0.15, 0.2) is 9.84 Å². The van der Waals surface area contributed by atoms with Gasteiger partial charge in [-0.05, 0) is 56.1 Å². The Labute approximate surface area is 189 Å². The highest BCUT2D eigenvalue weighted by atomic mass is 32.2. The van der Waals surface area contributed by atoms with Crippen LogP contribution in [0.15, 0.2) is 53.4 Å². The lowest BCUT2D eigenvalue weighted by atomic mass is 10.1. The first-order chi connectivity index (χ1) is 15.1. The van der Waals surface area contributed by atoms with Crippen LogP contribution in [0.25, 0.3) is 0 Å². The maximum atomic E-state index is 12.7. The Bertz CT molecular complexity index is 1020. The fourth-order valence-electron chi connectivity index (χ4n) is 2.49. The molecule has 0 aliphatic rings. The summed E-state index contributed by atoms with van der Waals surface area (Å²) in [5, 5.41) is 14.8. The minimum atomic E-state index is -4.40. The highest BCUT2D eigenvalue weighted by Gasteiger charge is 2.30. The highest BCUT2D eigenvalue weighted by Crippen LogP contribution is 2.32. The number of halogens is 3. The lowest BCUT2D eigenvalue weighted by molar-refractivity contribution is -0.159. The number of carbonyl (C=O) groups is 2. The number of alkyl halides is 3. The van der Waals surface area contributed by atoms with E-state index in [4.69, 9.17) is 24.5 Å². The summed E-state index contributed by atoms with van der Waals surface area (Å²) >= 11 is 0. The van der Waals surface area contributed by atoms with Crippen molar-refractivity contribution in [2.75, 3.05) is 26.9 Å². The van der Waals surface area contributed by atoms with Gasteiger partial charge in [-0.1, -0.05) is 12.1 Å². The number of sulfone groups is 1. The number of hydrogen-bond donors (Lipinski definition) is 2. The van der Waals surface area contributed by atoms with E-state index < -0.39 is 39.6 Å². The summed E-state index contributed by atoms with van der Waals surface area (Å²) in [6, 6.07) is 10.9. The predicted molar refractivity (Wildman–Crippen MR) is 113 cm³/mol. The first kappa shape index (κ1) is 27.9. The van der Waals surface area contributed by atoms with Gasteiger partial charge in [0.25, 0.3) is 0 Å². The summed E-state index contributed by atoms with van der Waals surface area (Å²) in [5.74, 6) is -3.33. The second-order valence-corrected chi connectivity index (χ2v) is 9.19. The molecule has 0 aromatic heterocycles. The Morgan fingerprint density at radius 2 is 1.45 bits per heavy atom. The van der Waals surface area contributed by atoms with Gasteiger partial charge in [-0.15, -0.1) is 0 Å². The minimum absolute atomic E-state index is 0.201. The van der Waals surface area contributed by atoms with Crippen molar-refractivity contribution in [1.82, 2.24) is 4.90 Å². The van der Waals surface area contributed by atoms with Crippen molar-refractivity contribution in [3.63, 3.8) is 0 Å². The van der Waals surface area contributed by atoms with Crippen LogP contribution in [0.3, 0.4) is 0 Å². The van der Waals surface area contributed by atoms with Crippen LogP contribution in [0.2, 0.25) is 0 Å². The van der Waals surface area contributed by atoms with Crippen LogP contribution in [0.5, 0.6) is 5.75 Å². The molecule has 12 heteroatoms. The Morgan fingerprint density at radius 1 is 0.970 bits per heavy atom. The molecule has 0 aliphatic carbocycles. The molecule has 1 atom stereocenters. The molecule has 0 saturated heterocycles. The number of ether oxygens (including phenoxy) is 1. The number of carboxylic acids is 2. The van der Waals surface area contributed by atoms with E-state index in [0.29, 0.717) is 18.7 Å². The van der Waals surface area contributed by atoms with Crippen LogP contribution in [-0.4, -0.2) is 62.4 Å². The SMILES string of the molecule is CN(C)CCC(Oc1ccc(C(F)(F)F)cc1)c1ccc(S(C)(=O)=O)cc1.O=C(O)C(=O)O. The van der Waals surface area contributed by atoms with E-state index in [1.807, 2.05) is 19.0 Å². The Kier molecular flexibility index (Phi) is 9.86. The molecule has 0 spiro atoms. The highest BCUT2D eigenvalue weighted by molar-refractivity contribution is 7.90. The summed E-state index contributed by atoms with van der Waals surface area (Å²) in [6.45, 7) is 0.694. The molecule has 182 valence electrons. The molecule has 2 rings (SSSR count). The summed E-state index contributed by atoms with van der Waals surface area (Å²) in [5.41, 5.74) is 0.0151. The maximum Gasteiger partial charge on any atom is 0.416 e. The van der Waals surface area contributed by atoms with E-state index in [1.165, 1.54) is 24.3 Å². The van der Waals surface area contributed by atoms with Crippen LogP contribution in [0.4, 0.5) is 13.2 Å². The molecule has 2 aromatic rings. The van der Waals surface area contributed by atoms with Gasteiger partial charge in [0.05, 0.1) is 10.5 Å². The number of rotatable bonds is 7. The summed E-state index contributed by atoms with van der Waals surface area (Å²) in [4.78, 5) is 20.4. The van der Waals surface area contributed by atoms with Gasteiger partial charge in [0, 0.05) is 19.2 Å². The summed E-state index contributed by atoms with van der Waals surface area (Å²) < 4.78 is 67.2. The molecule has 2 aromatic carbocycles. The molecular formula is C21H24F3NO7S. The second kappa shape index (κ2) is 11.7. The van der Waals surface area contributed by atoms with Gasteiger partial charge in [0.2, 0.25) is 0 Å². The number of aliphatic carboxylic acids is 2. The van der Waals surface area contributed by atoms with Gasteiger partial charge >= 0.3 is 18.1 Å². The van der Waals surface area contributed by atoms with Crippen molar-refractivity contribution < 1.29 is 46.1 Å². The van der Waals surface area contributed by atoms with Crippen LogP contribution in [-0.2, 0) is 25.6 Å². The zero-order valence-electron chi connectivity index (χ0n) is 18.0. The third-order valence-corrected chi connectivity index (χ3v) is 5.29. The number of hydrogen-bond acceptors (Lipinski definition) is 6. The molecule has 2 N–H and O–H groups in total. The lowest BCUT2D eigenvalue weighted by Gasteiger charge is -2.22. The Morgan fingerprint density at radius 3 is 1.82 bits per heavy atom. The van der Waals surface area contributed by atoms with E-state index in [2.05, 4.69) is 0 Å². The third-order valence-electron chi connectivity index (χ3n) is 4.16. The molecule has 33 heavy (non-hydrogen) atoms. The fourth-order valence-corrected chi connectivity index (χ4v) is 3.12. The van der Waals surface area contributed by atoms with Crippen LogP contribution in [0, 0.1) is 0 Å². The molecule has 1 unspecified atom stereocenters. The van der Waals surface area contributed by atoms with Gasteiger partial charge in [0.1, 0.15) is 11.9 Å². The van der Waals surface area contributed by atoms with Gasteiger partial charge in [-0.2, -0.15) is 13.2 Å². The number of carboxylic acid groups (broad SMARTS) is 2. The van der Waals surface area contributed by atoms with E-state index >= 15 is 0 Å². The van der Waals surface area contributed by atoms with Crippen molar-refractivity contribution in [3.05, 3.63) is 59.7 Å². The molecule has 0 aliphatic heterocycles. The Balaban J connectivity index is 0.000000801. The topological polar surface area (TPSA) is 121 Å². The lowest BCUT2D eigenvalue weighted by Crippen LogP contribution is -2.19. The monoisotopic (exact) mass is 491 g/mol. The van der Waals surface area contributed by atoms with E-state index in [0.717, 1.165) is 24.0 Å². The van der Waals surface area contributed by atoms with Crippen LogP contribution < -0.4 is 4.74 Å². The fraction of sp³-hybridized carbons (Fsp3) is 0.333. The third kappa shape index (κ3) is 9.91. The maximum absolute atomic E-state index is 12.7. The van der Waals surface area contributed by atoms with E-state index in [9.17, 15) is 21.6 Å². The van der Waals surface area contributed by atoms with Crippen molar-refractivity contribution >= 4 is 21.8 Å². The van der Waals surface area contributed by atoms with Crippen molar-refractivity contribution in [3.8, 4) is 5.75 Å². The number of nitrogens with zero attached hydrogens (tertiary/aromatic N) is 1. The van der Waals surface area contributed by atoms with Gasteiger partial charge in [-0.3, -0.25) is 0 Å².